The number of benzene rings is 2. The third-order valence-electron chi connectivity index (χ3n) is 4.93. The largest absolute Gasteiger partial charge is 0.487 e. The molecule has 0 bridgehead atoms. The maximum Gasteiger partial charge on any atom is 0.290 e. The fourth-order valence-electron chi connectivity index (χ4n) is 3.37. The third kappa shape index (κ3) is 4.12. The number of nitrogens with two attached hydrogens (primary N) is 1. The average Bonchev–Trinajstić information content (AvgIpc) is 3.06. The molecule has 0 aliphatic carbocycles. The topological polar surface area (TPSA) is 68.7 Å². The molecule has 0 saturated carbocycles. The standard InChI is InChI=1S/C21H21ClN2O3.ClH/c22-17-6-2-4-8-19(17)26-13-16-15-5-1-3-7-18(15)27-20(16)21(25)24-11-9-14(23)10-12-24;/h1-8,14H,9-13,23H2;1H. The van der Waals surface area contributed by atoms with Crippen molar-refractivity contribution < 1.29 is 13.9 Å². The van der Waals surface area contributed by atoms with E-state index in [2.05, 4.69) is 0 Å². The molecular formula is C21H22Cl2N2O3. The molecule has 0 spiro atoms. The number of carbonyl (C=O) groups is 1. The molecule has 1 amide bonds. The predicted molar refractivity (Wildman–Crippen MR) is 112 cm³/mol. The van der Waals surface area contributed by atoms with Crippen LogP contribution in [0.2, 0.25) is 5.02 Å². The van der Waals surface area contributed by atoms with Gasteiger partial charge >= 0.3 is 0 Å². The van der Waals surface area contributed by atoms with Crippen LogP contribution in [0.15, 0.2) is 52.9 Å². The Morgan fingerprint density at radius 1 is 1.14 bits per heavy atom. The molecule has 1 saturated heterocycles. The molecule has 1 aliphatic heterocycles. The number of likely N-dealkylation sites (tertiary alicyclic amines) is 1. The van der Waals surface area contributed by atoms with Crippen LogP contribution < -0.4 is 10.5 Å². The van der Waals surface area contributed by atoms with Crippen molar-refractivity contribution in [3.8, 4) is 5.75 Å². The van der Waals surface area contributed by atoms with Gasteiger partial charge in [0.2, 0.25) is 0 Å². The first kappa shape index (κ1) is 20.5. The highest BCUT2D eigenvalue weighted by Gasteiger charge is 2.28. The lowest BCUT2D eigenvalue weighted by atomic mass is 10.1. The number of carbonyl (C=O) groups excluding carboxylic acids is 1. The molecule has 2 heterocycles. The average molecular weight is 421 g/mol. The van der Waals surface area contributed by atoms with Crippen molar-refractivity contribution in [1.82, 2.24) is 4.90 Å². The molecule has 3 aromatic rings. The summed E-state index contributed by atoms with van der Waals surface area (Å²) < 4.78 is 11.8. The van der Waals surface area contributed by atoms with E-state index in [-0.39, 0.29) is 31.0 Å². The van der Waals surface area contributed by atoms with Crippen LogP contribution in [0, 0.1) is 0 Å². The molecule has 28 heavy (non-hydrogen) atoms. The smallest absolute Gasteiger partial charge is 0.290 e. The highest BCUT2D eigenvalue weighted by molar-refractivity contribution is 6.32. The van der Waals surface area contributed by atoms with Crippen molar-refractivity contribution in [3.05, 3.63) is 64.9 Å². The minimum Gasteiger partial charge on any atom is -0.487 e. The van der Waals surface area contributed by atoms with Gasteiger partial charge in [-0.2, -0.15) is 0 Å². The molecule has 0 radical (unpaired) electrons. The lowest BCUT2D eigenvalue weighted by Crippen LogP contribution is -2.43. The normalized spacial score (nSPS) is 14.7. The van der Waals surface area contributed by atoms with Gasteiger partial charge in [0.1, 0.15) is 17.9 Å². The zero-order valence-electron chi connectivity index (χ0n) is 15.3. The van der Waals surface area contributed by atoms with Crippen molar-refractivity contribution in [2.45, 2.75) is 25.5 Å². The minimum absolute atomic E-state index is 0. The molecule has 2 N–H and O–H groups in total. The predicted octanol–water partition coefficient (Wildman–Crippen LogP) is 4.65. The van der Waals surface area contributed by atoms with Crippen LogP contribution in [0.4, 0.5) is 0 Å². The summed E-state index contributed by atoms with van der Waals surface area (Å²) in [5, 5.41) is 1.41. The first-order valence-corrected chi connectivity index (χ1v) is 9.44. The van der Waals surface area contributed by atoms with Crippen LogP contribution in [0.25, 0.3) is 11.0 Å². The van der Waals surface area contributed by atoms with E-state index in [1.807, 2.05) is 36.4 Å². The lowest BCUT2D eigenvalue weighted by Gasteiger charge is -2.29. The summed E-state index contributed by atoms with van der Waals surface area (Å²) in [6.45, 7) is 1.49. The second kappa shape index (κ2) is 8.86. The van der Waals surface area contributed by atoms with Crippen LogP contribution in [0.5, 0.6) is 5.75 Å². The Hall–Kier alpha value is -2.21. The first-order valence-electron chi connectivity index (χ1n) is 9.06. The first-order chi connectivity index (χ1) is 13.1. The van der Waals surface area contributed by atoms with Crippen LogP contribution in [0.1, 0.15) is 29.0 Å². The Morgan fingerprint density at radius 2 is 1.82 bits per heavy atom. The summed E-state index contributed by atoms with van der Waals surface area (Å²) in [5.74, 6) is 0.793. The van der Waals surface area contributed by atoms with Crippen molar-refractivity contribution in [1.29, 1.82) is 0 Å². The van der Waals surface area contributed by atoms with E-state index >= 15 is 0 Å². The Balaban J connectivity index is 0.00000225. The minimum atomic E-state index is -0.115. The van der Waals surface area contributed by atoms with Crippen molar-refractivity contribution >= 4 is 40.9 Å². The van der Waals surface area contributed by atoms with Gasteiger partial charge in [0.15, 0.2) is 5.76 Å². The molecule has 7 heteroatoms. The SMILES string of the molecule is Cl.NC1CCN(C(=O)c2oc3ccccc3c2COc2ccccc2Cl)CC1. The van der Waals surface area contributed by atoms with Crippen LogP contribution in [0.3, 0.4) is 0 Å². The van der Waals surface area contributed by atoms with Gasteiger partial charge in [-0.1, -0.05) is 41.9 Å². The number of amides is 1. The van der Waals surface area contributed by atoms with E-state index in [9.17, 15) is 4.79 Å². The summed E-state index contributed by atoms with van der Waals surface area (Å²) >= 11 is 6.18. The lowest BCUT2D eigenvalue weighted by molar-refractivity contribution is 0.0681. The second-order valence-electron chi connectivity index (χ2n) is 6.75. The fourth-order valence-corrected chi connectivity index (χ4v) is 3.56. The molecule has 4 rings (SSSR count). The van der Waals surface area contributed by atoms with Gasteiger partial charge in [-0.15, -0.1) is 12.4 Å². The van der Waals surface area contributed by atoms with Crippen LogP contribution in [-0.4, -0.2) is 29.9 Å². The number of rotatable bonds is 4. The van der Waals surface area contributed by atoms with Gasteiger partial charge in [0.25, 0.3) is 5.91 Å². The molecule has 1 aliphatic rings. The van der Waals surface area contributed by atoms with E-state index in [0.29, 0.717) is 35.2 Å². The van der Waals surface area contributed by atoms with Crippen molar-refractivity contribution in [2.24, 2.45) is 5.73 Å². The Bertz CT molecular complexity index is 965. The van der Waals surface area contributed by atoms with E-state index in [1.54, 1.807) is 17.0 Å². The molecule has 0 unspecified atom stereocenters. The molecule has 5 nitrogen and oxygen atoms in total. The zero-order valence-corrected chi connectivity index (χ0v) is 16.8. The molecule has 1 fully saturated rings. The Labute approximate surface area is 174 Å². The molecular weight excluding hydrogens is 399 g/mol. The van der Waals surface area contributed by atoms with Crippen molar-refractivity contribution in [2.75, 3.05) is 13.1 Å². The number of ether oxygens (including phenoxy) is 1. The maximum atomic E-state index is 13.1. The van der Waals surface area contributed by atoms with Gasteiger partial charge in [0.05, 0.1) is 5.02 Å². The number of furan rings is 1. The highest BCUT2D eigenvalue weighted by Crippen LogP contribution is 2.30. The summed E-state index contributed by atoms with van der Waals surface area (Å²) in [6, 6.07) is 15.0. The van der Waals surface area contributed by atoms with Gasteiger partial charge in [0, 0.05) is 30.1 Å². The molecule has 2 aromatic carbocycles. The molecule has 148 valence electrons. The summed E-state index contributed by atoms with van der Waals surface area (Å²) in [7, 11) is 0. The third-order valence-corrected chi connectivity index (χ3v) is 5.24. The molecule has 0 atom stereocenters. The van der Waals surface area contributed by atoms with E-state index < -0.39 is 0 Å². The van der Waals surface area contributed by atoms with Crippen LogP contribution >= 0.6 is 24.0 Å². The summed E-state index contributed by atoms with van der Waals surface area (Å²) in [4.78, 5) is 14.9. The van der Waals surface area contributed by atoms with Gasteiger partial charge in [-0.3, -0.25) is 4.79 Å². The van der Waals surface area contributed by atoms with E-state index in [4.69, 9.17) is 26.5 Å². The Morgan fingerprint density at radius 3 is 2.57 bits per heavy atom. The molecule has 1 aromatic heterocycles. The van der Waals surface area contributed by atoms with E-state index in [0.717, 1.165) is 23.8 Å². The summed E-state index contributed by atoms with van der Waals surface area (Å²) in [6.07, 6.45) is 1.61. The zero-order chi connectivity index (χ0) is 18.8. The van der Waals surface area contributed by atoms with Gasteiger partial charge in [-0.25, -0.2) is 0 Å². The maximum absolute atomic E-state index is 13.1. The number of hydrogen-bond acceptors (Lipinski definition) is 4. The fraction of sp³-hybridized carbons (Fsp3) is 0.286. The van der Waals surface area contributed by atoms with Crippen molar-refractivity contribution in [3.63, 3.8) is 0 Å². The van der Waals surface area contributed by atoms with E-state index in [1.165, 1.54) is 0 Å². The van der Waals surface area contributed by atoms with Crippen LogP contribution in [-0.2, 0) is 6.61 Å². The number of halogens is 2. The number of hydrogen-bond donors (Lipinski definition) is 1. The van der Waals surface area contributed by atoms with Gasteiger partial charge < -0.3 is 19.8 Å². The number of para-hydroxylation sites is 2. The number of nitrogens with zero attached hydrogens (tertiary/aromatic N) is 1. The monoisotopic (exact) mass is 420 g/mol. The Kier molecular flexibility index (Phi) is 6.50. The summed E-state index contributed by atoms with van der Waals surface area (Å²) in [5.41, 5.74) is 7.37. The number of piperidine rings is 1. The van der Waals surface area contributed by atoms with Gasteiger partial charge in [-0.05, 0) is 31.0 Å². The highest BCUT2D eigenvalue weighted by atomic mass is 35.5. The quantitative estimate of drug-likeness (QED) is 0.666. The number of fused-ring (bicyclic) bond motifs is 1. The second-order valence-corrected chi connectivity index (χ2v) is 7.16.